The number of aromatic hydroxyl groups is 1. The summed E-state index contributed by atoms with van der Waals surface area (Å²) in [6.07, 6.45) is -1.88. The second-order valence-electron chi connectivity index (χ2n) is 7.67. The van der Waals surface area contributed by atoms with Crippen LogP contribution >= 0.6 is 0 Å². The molecule has 0 aliphatic rings. The molecule has 0 fully saturated rings. The molecule has 0 amide bonds. The van der Waals surface area contributed by atoms with Crippen LogP contribution in [0.25, 0.3) is 0 Å². The quantitative estimate of drug-likeness (QED) is 0.598. The standard InChI is InChI=1S/C23H27F3N2O2/c1-5-21(27-17(4)16(3)15(2)12-23(24,25)26)19-9-10-22(30)28(14-19)13-18-7-6-8-20(29)11-18/h5-11,14-17,29H,1,12-13H2,2-4H3. The number of alkyl halides is 3. The fourth-order valence-corrected chi connectivity index (χ4v) is 3.27. The molecule has 0 saturated carbocycles. The van der Waals surface area contributed by atoms with Gasteiger partial charge in [-0.3, -0.25) is 9.79 Å². The monoisotopic (exact) mass is 420 g/mol. The van der Waals surface area contributed by atoms with Crippen molar-refractivity contribution in [1.82, 2.24) is 4.57 Å². The van der Waals surface area contributed by atoms with Gasteiger partial charge in [-0.05, 0) is 48.6 Å². The van der Waals surface area contributed by atoms with E-state index < -0.39 is 18.5 Å². The maximum atomic E-state index is 12.7. The first kappa shape index (κ1) is 23.4. The molecule has 0 saturated heterocycles. The van der Waals surface area contributed by atoms with Gasteiger partial charge in [0.2, 0.25) is 0 Å². The summed E-state index contributed by atoms with van der Waals surface area (Å²) in [6.45, 7) is 9.15. The van der Waals surface area contributed by atoms with Gasteiger partial charge in [0.25, 0.3) is 5.56 Å². The van der Waals surface area contributed by atoms with Crippen LogP contribution in [0.4, 0.5) is 13.2 Å². The predicted molar refractivity (Wildman–Crippen MR) is 113 cm³/mol. The number of aromatic nitrogens is 1. The summed E-state index contributed by atoms with van der Waals surface area (Å²) in [5, 5.41) is 9.62. The zero-order chi connectivity index (χ0) is 22.5. The molecule has 0 aliphatic carbocycles. The molecule has 0 bridgehead atoms. The molecule has 0 spiro atoms. The third kappa shape index (κ3) is 6.61. The van der Waals surface area contributed by atoms with E-state index in [2.05, 4.69) is 11.6 Å². The highest BCUT2D eigenvalue weighted by molar-refractivity contribution is 6.08. The number of pyridine rings is 1. The minimum absolute atomic E-state index is 0.112. The van der Waals surface area contributed by atoms with Gasteiger partial charge in [-0.25, -0.2) is 0 Å². The van der Waals surface area contributed by atoms with E-state index >= 15 is 0 Å². The summed E-state index contributed by atoms with van der Waals surface area (Å²) in [5.74, 6) is -0.755. The molecule has 4 nitrogen and oxygen atoms in total. The third-order valence-corrected chi connectivity index (χ3v) is 5.29. The van der Waals surface area contributed by atoms with Crippen molar-refractivity contribution in [3.05, 3.63) is 76.7 Å². The lowest BCUT2D eigenvalue weighted by atomic mass is 9.87. The maximum absolute atomic E-state index is 12.7. The molecule has 1 N–H and O–H groups in total. The number of nitrogens with zero attached hydrogens (tertiary/aromatic N) is 2. The largest absolute Gasteiger partial charge is 0.508 e. The molecule has 0 aliphatic heterocycles. The van der Waals surface area contributed by atoms with Crippen LogP contribution in [0.5, 0.6) is 5.75 Å². The van der Waals surface area contributed by atoms with Gasteiger partial charge in [-0.2, -0.15) is 13.2 Å². The van der Waals surface area contributed by atoms with E-state index in [1.807, 2.05) is 0 Å². The first-order valence-electron chi connectivity index (χ1n) is 9.76. The summed E-state index contributed by atoms with van der Waals surface area (Å²) in [6, 6.07) is 9.30. The molecule has 2 rings (SSSR count). The van der Waals surface area contributed by atoms with Gasteiger partial charge < -0.3 is 9.67 Å². The normalized spacial score (nSPS) is 15.5. The summed E-state index contributed by atoms with van der Waals surface area (Å²) in [5.41, 5.74) is 1.70. The van der Waals surface area contributed by atoms with Gasteiger partial charge in [0.05, 0.1) is 18.3 Å². The summed E-state index contributed by atoms with van der Waals surface area (Å²) in [4.78, 5) is 16.8. The van der Waals surface area contributed by atoms with Crippen molar-refractivity contribution in [2.75, 3.05) is 0 Å². The summed E-state index contributed by atoms with van der Waals surface area (Å²) >= 11 is 0. The fraction of sp³-hybridized carbons (Fsp3) is 0.391. The smallest absolute Gasteiger partial charge is 0.389 e. The van der Waals surface area contributed by atoms with Crippen molar-refractivity contribution in [3.8, 4) is 5.75 Å². The Balaban J connectivity index is 2.27. The molecule has 1 heterocycles. The molecular weight excluding hydrogens is 393 g/mol. The van der Waals surface area contributed by atoms with Gasteiger partial charge >= 0.3 is 6.18 Å². The van der Waals surface area contributed by atoms with Crippen LogP contribution in [0, 0.1) is 11.8 Å². The summed E-state index contributed by atoms with van der Waals surface area (Å²) < 4.78 is 39.6. The van der Waals surface area contributed by atoms with Gasteiger partial charge in [0.1, 0.15) is 5.75 Å². The molecule has 30 heavy (non-hydrogen) atoms. The highest BCUT2D eigenvalue weighted by Crippen LogP contribution is 2.31. The van der Waals surface area contributed by atoms with Gasteiger partial charge in [0.15, 0.2) is 0 Å². The van der Waals surface area contributed by atoms with Crippen molar-refractivity contribution in [2.24, 2.45) is 16.8 Å². The Morgan fingerprint density at radius 3 is 2.53 bits per heavy atom. The van der Waals surface area contributed by atoms with Gasteiger partial charge in [-0.1, -0.05) is 32.6 Å². The average molecular weight is 420 g/mol. The topological polar surface area (TPSA) is 54.6 Å². The van der Waals surface area contributed by atoms with Gasteiger partial charge in [-0.15, -0.1) is 0 Å². The minimum Gasteiger partial charge on any atom is -0.508 e. The number of allylic oxidation sites excluding steroid dienone is 1. The van der Waals surface area contributed by atoms with Crippen molar-refractivity contribution in [3.63, 3.8) is 0 Å². The van der Waals surface area contributed by atoms with Crippen molar-refractivity contribution >= 4 is 5.71 Å². The number of benzene rings is 1. The Hall–Kier alpha value is -2.83. The maximum Gasteiger partial charge on any atom is 0.389 e. The Morgan fingerprint density at radius 2 is 1.93 bits per heavy atom. The Bertz CT molecular complexity index is 963. The van der Waals surface area contributed by atoms with E-state index in [9.17, 15) is 23.1 Å². The number of aliphatic imine (C=N–C) groups is 1. The van der Waals surface area contributed by atoms with Crippen molar-refractivity contribution < 1.29 is 18.3 Å². The lowest BCUT2D eigenvalue weighted by Gasteiger charge is -2.25. The highest BCUT2D eigenvalue weighted by atomic mass is 19.4. The first-order valence-corrected chi connectivity index (χ1v) is 9.76. The lowest BCUT2D eigenvalue weighted by molar-refractivity contribution is -0.146. The predicted octanol–water partition coefficient (Wildman–Crippen LogP) is 5.19. The molecule has 7 heteroatoms. The zero-order valence-electron chi connectivity index (χ0n) is 17.4. The van der Waals surface area contributed by atoms with E-state index in [1.165, 1.54) is 16.7 Å². The third-order valence-electron chi connectivity index (χ3n) is 5.29. The number of phenols is 1. The van der Waals surface area contributed by atoms with E-state index in [0.29, 0.717) is 11.3 Å². The molecule has 1 aromatic heterocycles. The van der Waals surface area contributed by atoms with Crippen LogP contribution in [-0.2, 0) is 6.54 Å². The van der Waals surface area contributed by atoms with E-state index in [-0.39, 0.29) is 29.8 Å². The molecule has 3 atom stereocenters. The highest BCUT2D eigenvalue weighted by Gasteiger charge is 2.33. The Morgan fingerprint density at radius 1 is 1.23 bits per heavy atom. The molecule has 0 radical (unpaired) electrons. The van der Waals surface area contributed by atoms with E-state index in [4.69, 9.17) is 0 Å². The Labute approximate surface area is 174 Å². The number of hydrogen-bond acceptors (Lipinski definition) is 3. The van der Waals surface area contributed by atoms with Crippen LogP contribution in [0.2, 0.25) is 0 Å². The van der Waals surface area contributed by atoms with Gasteiger partial charge in [0, 0.05) is 24.2 Å². The number of hydrogen-bond donors (Lipinski definition) is 1. The molecule has 3 unspecified atom stereocenters. The number of phenolic OH excluding ortho intramolecular Hbond substituents is 1. The molecule has 162 valence electrons. The molecule has 1 aromatic carbocycles. The second kappa shape index (κ2) is 9.78. The zero-order valence-corrected chi connectivity index (χ0v) is 17.4. The molecule has 2 aromatic rings. The lowest BCUT2D eigenvalue weighted by Crippen LogP contribution is -2.26. The summed E-state index contributed by atoms with van der Waals surface area (Å²) in [7, 11) is 0. The Kier molecular flexibility index (Phi) is 7.65. The van der Waals surface area contributed by atoms with Crippen LogP contribution in [0.15, 0.2) is 65.0 Å². The van der Waals surface area contributed by atoms with E-state index in [1.54, 1.807) is 57.3 Å². The number of rotatable bonds is 8. The SMILES string of the molecule is C=CC(=NC(C)C(C)C(C)CC(F)(F)F)c1ccc(=O)n(Cc2cccc(O)c2)c1. The average Bonchev–Trinajstić information content (AvgIpc) is 2.66. The van der Waals surface area contributed by atoms with Crippen LogP contribution in [0.1, 0.15) is 38.3 Å². The van der Waals surface area contributed by atoms with Crippen LogP contribution in [-0.4, -0.2) is 27.6 Å². The van der Waals surface area contributed by atoms with Crippen LogP contribution < -0.4 is 5.56 Å². The number of halogens is 3. The molecular formula is C23H27F3N2O2. The minimum atomic E-state index is -4.21. The van der Waals surface area contributed by atoms with Crippen molar-refractivity contribution in [2.45, 2.75) is 46.0 Å². The van der Waals surface area contributed by atoms with Crippen LogP contribution in [0.3, 0.4) is 0 Å². The fourth-order valence-electron chi connectivity index (χ4n) is 3.27. The van der Waals surface area contributed by atoms with E-state index in [0.717, 1.165) is 5.56 Å². The first-order chi connectivity index (χ1) is 14.0. The second-order valence-corrected chi connectivity index (χ2v) is 7.67. The van der Waals surface area contributed by atoms with Crippen molar-refractivity contribution in [1.29, 1.82) is 0 Å².